The maximum atomic E-state index is 12.6. The minimum atomic E-state index is -0.886. The lowest BCUT2D eigenvalue weighted by atomic mass is 10.1. The minimum Gasteiger partial charge on any atom is -0.477 e. The largest absolute Gasteiger partial charge is 0.477 e. The number of likely N-dealkylation sites (N-methyl/N-ethyl adjacent to an activating group) is 1. The van der Waals surface area contributed by atoms with Crippen LogP contribution in [0.4, 0.5) is 0 Å². The zero-order valence-electron chi connectivity index (χ0n) is 34.9. The Kier molecular flexibility index (Phi) is 34.5. The Bertz CT molecular complexity index is 1110. The van der Waals surface area contributed by atoms with E-state index in [1.54, 1.807) is 0 Å². The van der Waals surface area contributed by atoms with Crippen LogP contribution in [0.25, 0.3) is 0 Å². The van der Waals surface area contributed by atoms with E-state index < -0.39 is 18.1 Å². The van der Waals surface area contributed by atoms with Crippen molar-refractivity contribution >= 4 is 17.9 Å². The van der Waals surface area contributed by atoms with E-state index in [-0.39, 0.29) is 42.7 Å². The molecule has 0 aromatic carbocycles. The molecule has 0 aromatic rings. The molecule has 0 saturated heterocycles. The van der Waals surface area contributed by atoms with Gasteiger partial charge >= 0.3 is 17.9 Å². The molecule has 0 radical (unpaired) electrons. The van der Waals surface area contributed by atoms with Gasteiger partial charge in [-0.05, 0) is 70.6 Å². The van der Waals surface area contributed by atoms with Crippen molar-refractivity contribution in [2.24, 2.45) is 0 Å². The van der Waals surface area contributed by atoms with Crippen molar-refractivity contribution in [3.63, 3.8) is 0 Å². The number of esters is 2. The third-order valence-electron chi connectivity index (χ3n) is 8.85. The highest BCUT2D eigenvalue weighted by Crippen LogP contribution is 2.12. The summed E-state index contributed by atoms with van der Waals surface area (Å²) in [5.74, 6) is -1.56. The molecule has 0 spiro atoms. The van der Waals surface area contributed by atoms with Crippen LogP contribution in [0.2, 0.25) is 0 Å². The van der Waals surface area contributed by atoms with Crippen LogP contribution in [-0.2, 0) is 28.6 Å². The Labute approximate surface area is 330 Å². The fourth-order valence-corrected chi connectivity index (χ4v) is 5.60. The molecule has 8 nitrogen and oxygen atoms in total. The fourth-order valence-electron chi connectivity index (χ4n) is 5.60. The average molecular weight is 757 g/mol. The number of unbranched alkanes of at least 4 members (excludes halogenated alkanes) is 10. The predicted octanol–water partition coefficient (Wildman–Crippen LogP) is 11.2. The van der Waals surface area contributed by atoms with Gasteiger partial charge in [0.25, 0.3) is 0 Å². The summed E-state index contributed by atoms with van der Waals surface area (Å²) in [4.78, 5) is 36.7. The van der Waals surface area contributed by atoms with Crippen molar-refractivity contribution in [1.82, 2.24) is 0 Å². The van der Waals surface area contributed by atoms with Crippen LogP contribution >= 0.6 is 0 Å². The van der Waals surface area contributed by atoms with E-state index in [9.17, 15) is 19.5 Å². The molecule has 54 heavy (non-hydrogen) atoms. The molecule has 2 atom stereocenters. The second-order valence-electron chi connectivity index (χ2n) is 14.9. The first kappa shape index (κ1) is 50.8. The van der Waals surface area contributed by atoms with Crippen LogP contribution in [0, 0.1) is 0 Å². The van der Waals surface area contributed by atoms with E-state index in [0.29, 0.717) is 19.3 Å². The Morgan fingerprint density at radius 2 is 1.07 bits per heavy atom. The second kappa shape index (κ2) is 36.7. The smallest absolute Gasteiger partial charge is 0.362 e. The summed E-state index contributed by atoms with van der Waals surface area (Å²) in [5.41, 5.74) is 0. The van der Waals surface area contributed by atoms with E-state index in [0.717, 1.165) is 77.0 Å². The Hall–Kier alpha value is -3.23. The highest BCUT2D eigenvalue weighted by atomic mass is 16.6. The summed E-state index contributed by atoms with van der Waals surface area (Å²) in [7, 11) is 5.49. The van der Waals surface area contributed by atoms with Crippen LogP contribution in [-0.4, -0.2) is 80.6 Å². The normalized spacial score (nSPS) is 13.7. The number of carboxylic acid groups (broad SMARTS) is 1. The molecule has 0 bridgehead atoms. The highest BCUT2D eigenvalue weighted by molar-refractivity contribution is 5.72. The first-order chi connectivity index (χ1) is 26.1. The minimum absolute atomic E-state index is 0.0371. The molecule has 0 saturated carbocycles. The summed E-state index contributed by atoms with van der Waals surface area (Å²) >= 11 is 0. The van der Waals surface area contributed by atoms with Gasteiger partial charge in [-0.15, -0.1) is 0 Å². The zero-order chi connectivity index (χ0) is 40.0. The quantitative estimate of drug-likeness (QED) is 0.0294. The lowest BCUT2D eigenvalue weighted by Gasteiger charge is -2.31. The van der Waals surface area contributed by atoms with Gasteiger partial charge in [-0.3, -0.25) is 9.59 Å². The van der Waals surface area contributed by atoms with E-state index in [1.807, 2.05) is 27.2 Å². The molecule has 2 unspecified atom stereocenters. The molecule has 0 aliphatic heterocycles. The van der Waals surface area contributed by atoms with Crippen LogP contribution in [0.15, 0.2) is 72.9 Å². The molecule has 0 amide bonds. The van der Waals surface area contributed by atoms with E-state index in [4.69, 9.17) is 14.2 Å². The third kappa shape index (κ3) is 34.5. The number of hydrogen-bond acceptors (Lipinski definition) is 6. The number of allylic oxidation sites excluding steroid dienone is 12. The molecule has 8 heteroatoms. The van der Waals surface area contributed by atoms with Crippen molar-refractivity contribution in [2.45, 2.75) is 161 Å². The maximum Gasteiger partial charge on any atom is 0.362 e. The van der Waals surface area contributed by atoms with E-state index in [1.165, 1.54) is 32.1 Å². The van der Waals surface area contributed by atoms with Gasteiger partial charge in [0, 0.05) is 19.3 Å². The van der Waals surface area contributed by atoms with Crippen molar-refractivity contribution in [3.05, 3.63) is 72.9 Å². The Morgan fingerprint density at radius 1 is 0.574 bits per heavy atom. The molecule has 0 aliphatic rings. The second-order valence-corrected chi connectivity index (χ2v) is 14.9. The van der Waals surface area contributed by atoms with Gasteiger partial charge in [0.05, 0.1) is 34.4 Å². The molecule has 0 rings (SSSR count). The molecule has 0 fully saturated rings. The van der Waals surface area contributed by atoms with Crippen LogP contribution in [0.3, 0.4) is 0 Å². The Morgan fingerprint density at radius 3 is 1.63 bits per heavy atom. The van der Waals surface area contributed by atoms with Gasteiger partial charge in [0.1, 0.15) is 6.61 Å². The number of carbonyl (C=O) groups is 3. The summed E-state index contributed by atoms with van der Waals surface area (Å²) in [6.45, 7) is 4.50. The number of rotatable bonds is 36. The predicted molar refractivity (Wildman–Crippen MR) is 224 cm³/mol. The summed E-state index contributed by atoms with van der Waals surface area (Å²) in [5, 5.41) is 9.58. The standard InChI is InChI=1S/C46H77NO7/c1-6-8-10-12-14-16-17-18-19-20-21-22-23-24-25-26-27-28-29-31-32-34-36-44(48)53-41-42(40-52-39-38-43(46(50)51)47(3,4)5)54-45(49)37-35-33-30-15-13-11-9-7-2/h8,10,14,16,18-19,21-22,24-25,30,33,42-43H,6-7,9,11-13,15,17,20,23,26-29,31-32,34-41H2,1-5H3/p+1/b10-8+,16-14+,19-18+,22-21+,25-24+,33-30+. The monoisotopic (exact) mass is 757 g/mol. The molecule has 308 valence electrons. The van der Waals surface area contributed by atoms with Crippen molar-refractivity contribution in [1.29, 1.82) is 0 Å². The lowest BCUT2D eigenvalue weighted by molar-refractivity contribution is -0.887. The summed E-state index contributed by atoms with van der Waals surface area (Å²) < 4.78 is 17.1. The molecule has 1 N–H and O–H groups in total. The number of aliphatic carboxylic acids is 1. The van der Waals surface area contributed by atoms with Crippen molar-refractivity contribution < 1.29 is 38.2 Å². The van der Waals surface area contributed by atoms with Crippen LogP contribution in [0.5, 0.6) is 0 Å². The first-order valence-corrected chi connectivity index (χ1v) is 21.0. The lowest BCUT2D eigenvalue weighted by Crippen LogP contribution is -2.50. The number of nitrogens with zero attached hydrogens (tertiary/aromatic N) is 1. The van der Waals surface area contributed by atoms with Crippen molar-refractivity contribution in [3.8, 4) is 0 Å². The molecular weight excluding hydrogens is 679 g/mol. The van der Waals surface area contributed by atoms with Gasteiger partial charge in [0.2, 0.25) is 0 Å². The van der Waals surface area contributed by atoms with E-state index in [2.05, 4.69) is 80.7 Å². The average Bonchev–Trinajstić information content (AvgIpc) is 3.12. The molecular formula is C46H78NO7+. The van der Waals surface area contributed by atoms with Crippen LogP contribution < -0.4 is 0 Å². The first-order valence-electron chi connectivity index (χ1n) is 21.0. The van der Waals surface area contributed by atoms with Gasteiger partial charge in [-0.2, -0.15) is 0 Å². The fraction of sp³-hybridized carbons (Fsp3) is 0.674. The molecule has 0 heterocycles. The topological polar surface area (TPSA) is 99.1 Å². The van der Waals surface area contributed by atoms with Crippen molar-refractivity contribution in [2.75, 3.05) is 41.0 Å². The zero-order valence-corrected chi connectivity index (χ0v) is 34.9. The summed E-state index contributed by atoms with van der Waals surface area (Å²) in [6, 6.07) is -0.624. The van der Waals surface area contributed by atoms with Crippen LogP contribution in [0.1, 0.15) is 149 Å². The number of carbonyl (C=O) groups excluding carboxylic acids is 2. The number of hydrogen-bond donors (Lipinski definition) is 1. The van der Waals surface area contributed by atoms with Gasteiger partial charge in [-0.25, -0.2) is 4.79 Å². The number of carboxylic acids is 1. The van der Waals surface area contributed by atoms with E-state index >= 15 is 0 Å². The van der Waals surface area contributed by atoms with Gasteiger partial charge in [0.15, 0.2) is 12.1 Å². The van der Waals surface area contributed by atoms with Gasteiger partial charge in [-0.1, -0.05) is 132 Å². The molecule has 0 aromatic heterocycles. The number of quaternary nitrogens is 1. The number of ether oxygens (including phenoxy) is 3. The SMILES string of the molecule is CC/C=C/C/C=C/C/C=C/C/C=C/C/C=C/CCCCCCCCC(=O)OCC(COCCC(C(=O)O)[N+](C)(C)C)OC(=O)CC/C=C/CCCCCC. The maximum absolute atomic E-state index is 12.6. The Balaban J connectivity index is 4.29. The van der Waals surface area contributed by atoms with Gasteiger partial charge < -0.3 is 23.8 Å². The highest BCUT2D eigenvalue weighted by Gasteiger charge is 2.31. The molecule has 0 aliphatic carbocycles. The summed E-state index contributed by atoms with van der Waals surface area (Å²) in [6.07, 6.45) is 45.4. The third-order valence-corrected chi connectivity index (χ3v) is 8.85.